The highest BCUT2D eigenvalue weighted by atomic mass is 35.5. The number of nitro groups is 1. The van der Waals surface area contributed by atoms with Crippen LogP contribution in [0, 0.1) is 10.1 Å². The molecule has 1 atom stereocenters. The van der Waals surface area contributed by atoms with Crippen LogP contribution in [0.15, 0.2) is 42.1 Å². The summed E-state index contributed by atoms with van der Waals surface area (Å²) in [5.41, 5.74) is 1.14. The molecular weight excluding hydrogens is 366 g/mol. The second-order valence-corrected chi connectivity index (χ2v) is 6.03. The molecule has 0 amide bonds. The van der Waals surface area contributed by atoms with Gasteiger partial charge in [-0.15, -0.1) is 6.58 Å². The lowest BCUT2D eigenvalue weighted by Crippen LogP contribution is -2.47. The van der Waals surface area contributed by atoms with E-state index in [2.05, 4.69) is 11.9 Å². The number of nitro benzene ring substituents is 1. The number of esters is 1. The monoisotopic (exact) mass is 381 g/mol. The fraction of sp³-hybridized carbons (Fsp3) is 0.250. The first-order chi connectivity index (χ1) is 11.8. The molecule has 7 nitrogen and oxygen atoms in total. The van der Waals surface area contributed by atoms with Gasteiger partial charge < -0.3 is 15.0 Å². The van der Waals surface area contributed by atoms with Crippen LogP contribution in [-0.2, 0) is 9.53 Å². The van der Waals surface area contributed by atoms with Crippen molar-refractivity contribution in [3.63, 3.8) is 0 Å². The standard InChI is InChI=1S/C16H16ClN3O4S/c1-4-7-19-9(2)13(15(21)24-3)14(18-16(19)25)10-5-6-11(17)12(8-10)20(22)23/h4-6,8,14H,1,7H2,2-3H3,(H,18,25)/t14-/m0/s1. The Kier molecular flexibility index (Phi) is 5.76. The Morgan fingerprint density at radius 2 is 2.28 bits per heavy atom. The SMILES string of the molecule is C=CCN1C(=S)N[C@@H](c2ccc(Cl)c([N+](=O)[O-])c2)C(C(=O)OC)=C1C. The maximum atomic E-state index is 12.3. The van der Waals surface area contributed by atoms with Gasteiger partial charge in [0.1, 0.15) is 5.02 Å². The molecule has 1 N–H and O–H groups in total. The third-order valence-electron chi connectivity index (χ3n) is 3.81. The van der Waals surface area contributed by atoms with Crippen LogP contribution in [0.3, 0.4) is 0 Å². The molecule has 0 unspecified atom stereocenters. The van der Waals surface area contributed by atoms with Crippen molar-refractivity contribution in [2.75, 3.05) is 13.7 Å². The number of thiocarbonyl (C=S) groups is 1. The number of hydrogen-bond donors (Lipinski definition) is 1. The van der Waals surface area contributed by atoms with Crippen LogP contribution >= 0.6 is 23.8 Å². The summed E-state index contributed by atoms with van der Waals surface area (Å²) in [6, 6.07) is 3.66. The van der Waals surface area contributed by atoms with Crippen molar-refractivity contribution in [1.82, 2.24) is 10.2 Å². The normalized spacial score (nSPS) is 17.2. The van der Waals surface area contributed by atoms with E-state index >= 15 is 0 Å². The number of rotatable bonds is 5. The second-order valence-electron chi connectivity index (χ2n) is 5.24. The summed E-state index contributed by atoms with van der Waals surface area (Å²) in [5.74, 6) is -0.552. The van der Waals surface area contributed by atoms with Crippen molar-refractivity contribution in [2.45, 2.75) is 13.0 Å². The number of carbonyl (C=O) groups is 1. The Labute approximate surface area is 155 Å². The lowest BCUT2D eigenvalue weighted by atomic mass is 9.94. The molecule has 2 rings (SSSR count). The van der Waals surface area contributed by atoms with Crippen LogP contribution < -0.4 is 5.32 Å². The zero-order valence-corrected chi connectivity index (χ0v) is 15.2. The summed E-state index contributed by atoms with van der Waals surface area (Å²) < 4.78 is 4.88. The number of allylic oxidation sites excluding steroid dienone is 1. The van der Waals surface area contributed by atoms with Crippen molar-refractivity contribution < 1.29 is 14.5 Å². The third-order valence-corrected chi connectivity index (χ3v) is 4.47. The lowest BCUT2D eigenvalue weighted by Gasteiger charge is -2.36. The van der Waals surface area contributed by atoms with Crippen molar-refractivity contribution in [1.29, 1.82) is 0 Å². The number of nitrogens with one attached hydrogen (secondary N) is 1. The molecule has 1 aromatic rings. The summed E-state index contributed by atoms with van der Waals surface area (Å²) in [4.78, 5) is 24.6. The Morgan fingerprint density at radius 3 is 2.84 bits per heavy atom. The fourth-order valence-electron chi connectivity index (χ4n) is 2.60. The fourth-order valence-corrected chi connectivity index (χ4v) is 3.12. The van der Waals surface area contributed by atoms with E-state index in [0.717, 1.165) is 0 Å². The third kappa shape index (κ3) is 3.64. The minimum absolute atomic E-state index is 0.0146. The van der Waals surface area contributed by atoms with Crippen molar-refractivity contribution in [3.05, 3.63) is 62.8 Å². The smallest absolute Gasteiger partial charge is 0.337 e. The average Bonchev–Trinajstić information content (AvgIpc) is 2.57. The van der Waals surface area contributed by atoms with Crippen LogP contribution in [-0.4, -0.2) is 34.6 Å². The number of methoxy groups -OCH3 is 1. The predicted octanol–water partition coefficient (Wildman–Crippen LogP) is 3.11. The van der Waals surface area contributed by atoms with E-state index in [0.29, 0.717) is 28.5 Å². The van der Waals surface area contributed by atoms with E-state index in [1.807, 2.05) is 0 Å². The van der Waals surface area contributed by atoms with Crippen molar-refractivity contribution in [2.24, 2.45) is 0 Å². The molecule has 0 radical (unpaired) electrons. The summed E-state index contributed by atoms with van der Waals surface area (Å²) in [6.07, 6.45) is 1.65. The zero-order chi connectivity index (χ0) is 18.7. The number of benzene rings is 1. The molecule has 0 aliphatic carbocycles. The number of ether oxygens (including phenoxy) is 1. The Morgan fingerprint density at radius 1 is 1.60 bits per heavy atom. The highest BCUT2D eigenvalue weighted by molar-refractivity contribution is 7.80. The largest absolute Gasteiger partial charge is 0.466 e. The second kappa shape index (κ2) is 7.62. The van der Waals surface area contributed by atoms with E-state index in [-0.39, 0.29) is 10.7 Å². The van der Waals surface area contributed by atoms with E-state index in [4.69, 9.17) is 28.6 Å². The van der Waals surface area contributed by atoms with Crippen LogP contribution in [0.4, 0.5) is 5.69 Å². The molecule has 1 aliphatic rings. The summed E-state index contributed by atoms with van der Waals surface area (Å²) in [7, 11) is 1.27. The molecule has 1 heterocycles. The predicted molar refractivity (Wildman–Crippen MR) is 98.2 cm³/mol. The van der Waals surface area contributed by atoms with Gasteiger partial charge in [0.25, 0.3) is 5.69 Å². The highest BCUT2D eigenvalue weighted by Gasteiger charge is 2.35. The number of hydrogen-bond acceptors (Lipinski definition) is 5. The summed E-state index contributed by atoms with van der Waals surface area (Å²) >= 11 is 11.2. The maximum absolute atomic E-state index is 12.3. The van der Waals surface area contributed by atoms with Crippen molar-refractivity contribution in [3.8, 4) is 0 Å². The zero-order valence-electron chi connectivity index (χ0n) is 13.6. The van der Waals surface area contributed by atoms with Gasteiger partial charge in [0.2, 0.25) is 0 Å². The molecule has 1 aromatic carbocycles. The molecule has 0 saturated carbocycles. The maximum Gasteiger partial charge on any atom is 0.337 e. The molecule has 132 valence electrons. The van der Waals surface area contributed by atoms with Gasteiger partial charge in [-0.05, 0) is 30.8 Å². The highest BCUT2D eigenvalue weighted by Crippen LogP contribution is 2.34. The number of halogens is 1. The first-order valence-corrected chi connectivity index (χ1v) is 8.02. The lowest BCUT2D eigenvalue weighted by molar-refractivity contribution is -0.384. The quantitative estimate of drug-likeness (QED) is 0.276. The molecular formula is C16H16ClN3O4S. The Balaban J connectivity index is 2.61. The van der Waals surface area contributed by atoms with Crippen LogP contribution in [0.1, 0.15) is 18.5 Å². The molecule has 0 aromatic heterocycles. The van der Waals surface area contributed by atoms with Gasteiger partial charge in [-0.25, -0.2) is 4.79 Å². The van der Waals surface area contributed by atoms with Gasteiger partial charge >= 0.3 is 5.97 Å². The average molecular weight is 382 g/mol. The molecule has 1 aliphatic heterocycles. The first kappa shape index (κ1) is 18.9. The van der Waals surface area contributed by atoms with Gasteiger partial charge in [0.05, 0.1) is 23.6 Å². The molecule has 0 fully saturated rings. The van der Waals surface area contributed by atoms with Crippen LogP contribution in [0.5, 0.6) is 0 Å². The van der Waals surface area contributed by atoms with E-state index in [9.17, 15) is 14.9 Å². The van der Waals surface area contributed by atoms with E-state index < -0.39 is 16.9 Å². The van der Waals surface area contributed by atoms with Crippen molar-refractivity contribution >= 4 is 40.6 Å². The van der Waals surface area contributed by atoms with Gasteiger partial charge in [-0.3, -0.25) is 10.1 Å². The van der Waals surface area contributed by atoms with Crippen LogP contribution in [0.25, 0.3) is 0 Å². The Bertz CT molecular complexity index is 794. The van der Waals surface area contributed by atoms with Crippen LogP contribution in [0.2, 0.25) is 5.02 Å². The van der Waals surface area contributed by atoms with Gasteiger partial charge in [0.15, 0.2) is 5.11 Å². The topological polar surface area (TPSA) is 84.7 Å². The van der Waals surface area contributed by atoms with Gasteiger partial charge in [-0.2, -0.15) is 0 Å². The van der Waals surface area contributed by atoms with Gasteiger partial charge in [-0.1, -0.05) is 23.7 Å². The van der Waals surface area contributed by atoms with E-state index in [1.54, 1.807) is 24.0 Å². The molecule has 0 saturated heterocycles. The molecule has 9 heteroatoms. The minimum atomic E-state index is -0.683. The molecule has 25 heavy (non-hydrogen) atoms. The number of carbonyl (C=O) groups excluding carboxylic acids is 1. The molecule has 0 spiro atoms. The summed E-state index contributed by atoms with van der Waals surface area (Å²) in [6.45, 7) is 5.82. The van der Waals surface area contributed by atoms with E-state index in [1.165, 1.54) is 19.2 Å². The first-order valence-electron chi connectivity index (χ1n) is 7.23. The summed E-state index contributed by atoms with van der Waals surface area (Å²) in [5, 5.41) is 14.6. The minimum Gasteiger partial charge on any atom is -0.466 e. The number of nitrogens with zero attached hydrogens (tertiary/aromatic N) is 2. The Hall–Kier alpha value is -2.45. The van der Waals surface area contributed by atoms with Gasteiger partial charge in [0, 0.05) is 18.3 Å². The molecule has 0 bridgehead atoms.